The molecule has 0 amide bonds. The van der Waals surface area contributed by atoms with Gasteiger partial charge in [-0.05, 0) is 5.56 Å². The standard InChI is InChI=1S/C8H8.4C2H4/c1-2-8-6-4-3-5-7-8;4*1-2/h2-7H,1H2;4*1-2H2. The molecule has 0 bridgehead atoms. The fourth-order valence-electron chi connectivity index (χ4n) is 0.589. The summed E-state index contributed by atoms with van der Waals surface area (Å²) in [6.45, 7) is 27.6. The maximum Gasteiger partial charge on any atom is -0.0263 e. The minimum atomic E-state index is 1.17. The molecule has 0 saturated carbocycles. The van der Waals surface area contributed by atoms with Crippen molar-refractivity contribution in [1.82, 2.24) is 0 Å². The van der Waals surface area contributed by atoms with E-state index in [1.165, 1.54) is 5.56 Å². The summed E-state index contributed by atoms with van der Waals surface area (Å²) in [5.41, 5.74) is 1.17. The van der Waals surface area contributed by atoms with Crippen LogP contribution < -0.4 is 0 Å². The van der Waals surface area contributed by atoms with Crippen LogP contribution in [0.3, 0.4) is 0 Å². The van der Waals surface area contributed by atoms with Gasteiger partial charge in [-0.3, -0.25) is 0 Å². The van der Waals surface area contributed by atoms with Gasteiger partial charge in [0.15, 0.2) is 0 Å². The third-order valence-corrected chi connectivity index (χ3v) is 1.04. The van der Waals surface area contributed by atoms with E-state index >= 15 is 0 Å². The van der Waals surface area contributed by atoms with Gasteiger partial charge in [0.1, 0.15) is 0 Å². The summed E-state index contributed by atoms with van der Waals surface area (Å²) in [5, 5.41) is 0. The summed E-state index contributed by atoms with van der Waals surface area (Å²) in [6, 6.07) is 10.0. The Labute approximate surface area is 102 Å². The first-order valence-electron chi connectivity index (χ1n) is 4.61. The Morgan fingerprint density at radius 1 is 0.625 bits per heavy atom. The molecule has 0 atom stereocenters. The molecule has 0 spiro atoms. The molecule has 0 heteroatoms. The Balaban J connectivity index is -0.0000000771. The molecule has 0 N–H and O–H groups in total. The van der Waals surface area contributed by atoms with Crippen LogP contribution in [0.4, 0.5) is 0 Å². The van der Waals surface area contributed by atoms with E-state index < -0.39 is 0 Å². The molecule has 0 unspecified atom stereocenters. The maximum atomic E-state index is 3.63. The molecular formula is C16H24. The predicted octanol–water partition coefficient (Wildman–Crippen LogP) is 5.54. The van der Waals surface area contributed by atoms with Crippen molar-refractivity contribution < 1.29 is 0 Å². The SMILES string of the molecule is C=C.C=C.C=C.C=C.C=Cc1ccccc1. The van der Waals surface area contributed by atoms with Gasteiger partial charge in [-0.1, -0.05) is 43.0 Å². The molecule has 16 heavy (non-hydrogen) atoms. The van der Waals surface area contributed by atoms with E-state index in [1.807, 2.05) is 36.4 Å². The molecule has 0 heterocycles. The third-order valence-electron chi connectivity index (χ3n) is 1.04. The van der Waals surface area contributed by atoms with Crippen molar-refractivity contribution in [2.75, 3.05) is 0 Å². The lowest BCUT2D eigenvalue weighted by Gasteiger charge is -1.85. The van der Waals surface area contributed by atoms with Crippen LogP contribution in [0.25, 0.3) is 6.08 Å². The first-order chi connectivity index (χ1) is 7.93. The minimum Gasteiger partial charge on any atom is -0.106 e. The molecule has 0 saturated heterocycles. The van der Waals surface area contributed by atoms with Crippen molar-refractivity contribution >= 4 is 6.08 Å². The Morgan fingerprint density at radius 3 is 1.12 bits per heavy atom. The van der Waals surface area contributed by atoms with Gasteiger partial charge in [0, 0.05) is 0 Å². The second kappa shape index (κ2) is 38.3. The highest BCUT2D eigenvalue weighted by Crippen LogP contribution is 1.97. The van der Waals surface area contributed by atoms with Crippen LogP contribution in [0.15, 0.2) is 89.5 Å². The second-order valence-corrected chi connectivity index (χ2v) is 1.61. The van der Waals surface area contributed by atoms with Gasteiger partial charge >= 0.3 is 0 Å². The molecule has 1 aromatic rings. The van der Waals surface area contributed by atoms with Gasteiger partial charge in [-0.2, -0.15) is 0 Å². The van der Waals surface area contributed by atoms with E-state index in [0.29, 0.717) is 0 Å². The highest BCUT2D eigenvalue weighted by molar-refractivity contribution is 5.45. The Kier molecular flexibility index (Phi) is 56.6. The van der Waals surface area contributed by atoms with E-state index in [9.17, 15) is 0 Å². The number of hydrogen-bond acceptors (Lipinski definition) is 0. The molecule has 0 aliphatic carbocycles. The van der Waals surface area contributed by atoms with Crippen molar-refractivity contribution in [3.8, 4) is 0 Å². The van der Waals surface area contributed by atoms with Gasteiger partial charge in [-0.25, -0.2) is 0 Å². The lowest BCUT2D eigenvalue weighted by atomic mass is 10.2. The lowest BCUT2D eigenvalue weighted by molar-refractivity contribution is 1.67. The van der Waals surface area contributed by atoms with Crippen molar-refractivity contribution in [1.29, 1.82) is 0 Å². The summed E-state index contributed by atoms with van der Waals surface area (Å²) in [5.74, 6) is 0. The lowest BCUT2D eigenvalue weighted by Crippen LogP contribution is -1.63. The normalized spacial score (nSPS) is 5.25. The van der Waals surface area contributed by atoms with Gasteiger partial charge in [0.2, 0.25) is 0 Å². The molecule has 88 valence electrons. The molecule has 0 aromatic heterocycles. The van der Waals surface area contributed by atoms with E-state index in [-0.39, 0.29) is 0 Å². The minimum absolute atomic E-state index is 1.17. The molecule has 1 aromatic carbocycles. The van der Waals surface area contributed by atoms with E-state index in [4.69, 9.17) is 0 Å². The fourth-order valence-corrected chi connectivity index (χ4v) is 0.589. The predicted molar refractivity (Wildman–Crippen MR) is 81.5 cm³/mol. The summed E-state index contributed by atoms with van der Waals surface area (Å²) in [4.78, 5) is 0. The quantitative estimate of drug-likeness (QED) is 0.541. The molecule has 0 radical (unpaired) electrons. The van der Waals surface area contributed by atoms with Gasteiger partial charge < -0.3 is 0 Å². The molecular weight excluding hydrogens is 192 g/mol. The van der Waals surface area contributed by atoms with Crippen molar-refractivity contribution in [2.45, 2.75) is 0 Å². The van der Waals surface area contributed by atoms with Crippen molar-refractivity contribution in [3.63, 3.8) is 0 Å². The van der Waals surface area contributed by atoms with Gasteiger partial charge in [0.25, 0.3) is 0 Å². The van der Waals surface area contributed by atoms with Crippen LogP contribution in [0, 0.1) is 0 Å². The summed E-state index contributed by atoms with van der Waals surface area (Å²) in [6.07, 6.45) is 1.83. The molecule has 0 fully saturated rings. The van der Waals surface area contributed by atoms with Crippen LogP contribution in [-0.2, 0) is 0 Å². The van der Waals surface area contributed by atoms with Crippen LogP contribution >= 0.6 is 0 Å². The largest absolute Gasteiger partial charge is 0.106 e. The summed E-state index contributed by atoms with van der Waals surface area (Å²) in [7, 11) is 0. The van der Waals surface area contributed by atoms with Gasteiger partial charge in [0.05, 0.1) is 0 Å². The smallest absolute Gasteiger partial charge is 0.0263 e. The molecule has 0 nitrogen and oxygen atoms in total. The molecule has 1 rings (SSSR count). The van der Waals surface area contributed by atoms with E-state index in [0.717, 1.165) is 0 Å². The maximum absolute atomic E-state index is 3.63. The van der Waals surface area contributed by atoms with Crippen molar-refractivity contribution in [2.24, 2.45) is 0 Å². The van der Waals surface area contributed by atoms with Crippen LogP contribution in [0.2, 0.25) is 0 Å². The average Bonchev–Trinajstić information content (AvgIpc) is 2.48. The third kappa shape index (κ3) is 22.7. The van der Waals surface area contributed by atoms with Crippen LogP contribution in [-0.4, -0.2) is 0 Å². The van der Waals surface area contributed by atoms with Crippen LogP contribution in [0.5, 0.6) is 0 Å². The topological polar surface area (TPSA) is 0 Å². The van der Waals surface area contributed by atoms with E-state index in [1.54, 1.807) is 0 Å². The van der Waals surface area contributed by atoms with Crippen LogP contribution in [0.1, 0.15) is 5.56 Å². The Hall–Kier alpha value is -2.08. The Bertz CT molecular complexity index is 203. The zero-order valence-corrected chi connectivity index (χ0v) is 10.3. The second-order valence-electron chi connectivity index (χ2n) is 1.61. The molecule has 0 aliphatic rings. The fraction of sp³-hybridized carbons (Fsp3) is 0. The summed E-state index contributed by atoms with van der Waals surface area (Å²) < 4.78 is 0. The number of rotatable bonds is 1. The monoisotopic (exact) mass is 216 g/mol. The average molecular weight is 216 g/mol. The summed E-state index contributed by atoms with van der Waals surface area (Å²) >= 11 is 0. The number of benzene rings is 1. The van der Waals surface area contributed by atoms with Crippen molar-refractivity contribution in [3.05, 3.63) is 95.1 Å². The molecule has 0 aliphatic heterocycles. The van der Waals surface area contributed by atoms with E-state index in [2.05, 4.69) is 59.2 Å². The number of hydrogen-bond donors (Lipinski definition) is 0. The Morgan fingerprint density at radius 2 is 0.938 bits per heavy atom. The zero-order chi connectivity index (χ0) is 13.8. The van der Waals surface area contributed by atoms with Gasteiger partial charge in [-0.15, -0.1) is 52.6 Å². The zero-order valence-electron chi connectivity index (χ0n) is 10.3. The first kappa shape index (κ1) is 23.6. The highest BCUT2D eigenvalue weighted by atomic mass is 13.8. The first-order valence-corrected chi connectivity index (χ1v) is 4.61. The highest BCUT2D eigenvalue weighted by Gasteiger charge is 1.75.